The Bertz CT molecular complexity index is 498. The summed E-state index contributed by atoms with van der Waals surface area (Å²) in [5, 5.41) is 7.47. The average molecular weight is 271 g/mol. The standard InChI is InChI=1S/C16H21N3O/c1-2-4-14(5-3-1)6-9-19-10-7-16(13-19)17-12-15-8-11-20-18-15/h1-5,8,11,16-17H,6-7,9-10,12-13H2. The zero-order chi connectivity index (χ0) is 13.6. The molecule has 1 saturated heterocycles. The minimum absolute atomic E-state index is 0.572. The molecule has 4 heteroatoms. The third kappa shape index (κ3) is 3.68. The lowest BCUT2D eigenvalue weighted by molar-refractivity contribution is 0.330. The molecule has 0 aliphatic carbocycles. The molecule has 1 aromatic carbocycles. The summed E-state index contributed by atoms with van der Waals surface area (Å²) in [5.74, 6) is 0. The minimum atomic E-state index is 0.572. The summed E-state index contributed by atoms with van der Waals surface area (Å²) in [6.07, 6.45) is 3.97. The number of rotatable bonds is 6. The van der Waals surface area contributed by atoms with Gasteiger partial charge in [0, 0.05) is 31.7 Å². The first-order valence-corrected chi connectivity index (χ1v) is 7.29. The van der Waals surface area contributed by atoms with Gasteiger partial charge in [0.1, 0.15) is 6.26 Å². The smallest absolute Gasteiger partial charge is 0.124 e. The van der Waals surface area contributed by atoms with Crippen molar-refractivity contribution in [2.24, 2.45) is 0 Å². The number of likely N-dealkylation sites (tertiary alicyclic amines) is 1. The van der Waals surface area contributed by atoms with E-state index in [1.807, 2.05) is 6.07 Å². The Hall–Kier alpha value is -1.65. The van der Waals surface area contributed by atoms with Crippen LogP contribution in [-0.2, 0) is 13.0 Å². The Balaban J connectivity index is 1.38. The van der Waals surface area contributed by atoms with Crippen LogP contribution >= 0.6 is 0 Å². The molecule has 1 fully saturated rings. The molecular weight excluding hydrogens is 250 g/mol. The van der Waals surface area contributed by atoms with Gasteiger partial charge < -0.3 is 14.7 Å². The lowest BCUT2D eigenvalue weighted by atomic mass is 10.1. The van der Waals surface area contributed by atoms with Crippen LogP contribution in [0.15, 0.2) is 47.2 Å². The maximum atomic E-state index is 4.84. The van der Waals surface area contributed by atoms with Crippen molar-refractivity contribution in [2.75, 3.05) is 19.6 Å². The van der Waals surface area contributed by atoms with Crippen molar-refractivity contribution in [1.29, 1.82) is 0 Å². The largest absolute Gasteiger partial charge is 0.364 e. The van der Waals surface area contributed by atoms with Crippen molar-refractivity contribution in [3.63, 3.8) is 0 Å². The van der Waals surface area contributed by atoms with E-state index in [0.29, 0.717) is 6.04 Å². The van der Waals surface area contributed by atoms with Gasteiger partial charge in [0.2, 0.25) is 0 Å². The molecular formula is C16H21N3O. The summed E-state index contributed by atoms with van der Waals surface area (Å²) in [6, 6.07) is 13.2. The highest BCUT2D eigenvalue weighted by atomic mass is 16.5. The molecule has 3 rings (SSSR count). The fraction of sp³-hybridized carbons (Fsp3) is 0.438. The Morgan fingerprint density at radius 3 is 2.95 bits per heavy atom. The van der Waals surface area contributed by atoms with E-state index in [1.165, 1.54) is 18.5 Å². The molecule has 4 nitrogen and oxygen atoms in total. The molecule has 0 spiro atoms. The predicted octanol–water partition coefficient (Wildman–Crippen LogP) is 2.08. The molecule has 1 aliphatic heterocycles. The molecule has 1 atom stereocenters. The maximum absolute atomic E-state index is 4.84. The van der Waals surface area contributed by atoms with E-state index < -0.39 is 0 Å². The van der Waals surface area contributed by atoms with Crippen molar-refractivity contribution < 1.29 is 4.52 Å². The first kappa shape index (κ1) is 13.3. The molecule has 1 N–H and O–H groups in total. The summed E-state index contributed by atoms with van der Waals surface area (Å²) in [7, 11) is 0. The number of hydrogen-bond acceptors (Lipinski definition) is 4. The van der Waals surface area contributed by atoms with E-state index in [-0.39, 0.29) is 0 Å². The summed E-state index contributed by atoms with van der Waals surface area (Å²) in [6.45, 7) is 4.26. The molecule has 0 amide bonds. The number of benzene rings is 1. The number of nitrogens with one attached hydrogen (secondary N) is 1. The normalized spacial score (nSPS) is 19.5. The van der Waals surface area contributed by atoms with E-state index in [0.717, 1.165) is 31.7 Å². The topological polar surface area (TPSA) is 41.3 Å². The molecule has 20 heavy (non-hydrogen) atoms. The second-order valence-corrected chi connectivity index (χ2v) is 5.39. The Kier molecular flexibility index (Phi) is 4.46. The van der Waals surface area contributed by atoms with Gasteiger partial charge in [-0.05, 0) is 24.9 Å². The second kappa shape index (κ2) is 6.68. The van der Waals surface area contributed by atoms with Crippen LogP contribution in [0.3, 0.4) is 0 Å². The van der Waals surface area contributed by atoms with Crippen molar-refractivity contribution in [2.45, 2.75) is 25.4 Å². The van der Waals surface area contributed by atoms with Gasteiger partial charge in [0.15, 0.2) is 0 Å². The monoisotopic (exact) mass is 271 g/mol. The molecule has 0 radical (unpaired) electrons. The van der Waals surface area contributed by atoms with Gasteiger partial charge in [0.25, 0.3) is 0 Å². The van der Waals surface area contributed by atoms with Crippen molar-refractivity contribution >= 4 is 0 Å². The molecule has 106 valence electrons. The van der Waals surface area contributed by atoms with Crippen LogP contribution in [0.2, 0.25) is 0 Å². The third-order valence-corrected chi connectivity index (χ3v) is 3.90. The summed E-state index contributed by atoms with van der Waals surface area (Å²) < 4.78 is 4.84. The van der Waals surface area contributed by atoms with Crippen molar-refractivity contribution in [3.05, 3.63) is 53.9 Å². The fourth-order valence-corrected chi connectivity index (χ4v) is 2.71. The molecule has 1 unspecified atom stereocenters. The van der Waals surface area contributed by atoms with Crippen LogP contribution in [0.4, 0.5) is 0 Å². The third-order valence-electron chi connectivity index (χ3n) is 3.90. The lowest BCUT2D eigenvalue weighted by Crippen LogP contribution is -2.32. The first-order valence-electron chi connectivity index (χ1n) is 7.29. The second-order valence-electron chi connectivity index (χ2n) is 5.39. The van der Waals surface area contributed by atoms with Gasteiger partial charge in [-0.1, -0.05) is 35.5 Å². The van der Waals surface area contributed by atoms with E-state index in [4.69, 9.17) is 4.52 Å². The highest BCUT2D eigenvalue weighted by Gasteiger charge is 2.21. The summed E-state index contributed by atoms with van der Waals surface area (Å²) >= 11 is 0. The van der Waals surface area contributed by atoms with E-state index >= 15 is 0 Å². The molecule has 0 saturated carbocycles. The maximum Gasteiger partial charge on any atom is 0.124 e. The van der Waals surface area contributed by atoms with Gasteiger partial charge in [-0.3, -0.25) is 0 Å². The fourth-order valence-electron chi connectivity index (χ4n) is 2.71. The molecule has 1 aromatic heterocycles. The first-order chi connectivity index (χ1) is 9.90. The molecule has 0 bridgehead atoms. The Labute approximate surface area is 119 Å². The number of nitrogens with zero attached hydrogens (tertiary/aromatic N) is 2. The van der Waals surface area contributed by atoms with E-state index in [1.54, 1.807) is 6.26 Å². The number of hydrogen-bond donors (Lipinski definition) is 1. The molecule has 1 aliphatic rings. The van der Waals surface area contributed by atoms with Gasteiger partial charge >= 0.3 is 0 Å². The van der Waals surface area contributed by atoms with E-state index in [9.17, 15) is 0 Å². The Morgan fingerprint density at radius 1 is 1.25 bits per heavy atom. The molecule has 2 aromatic rings. The Morgan fingerprint density at radius 2 is 2.15 bits per heavy atom. The summed E-state index contributed by atoms with van der Waals surface area (Å²) in [5.41, 5.74) is 2.40. The predicted molar refractivity (Wildman–Crippen MR) is 78.3 cm³/mol. The van der Waals surface area contributed by atoms with Gasteiger partial charge in [-0.2, -0.15) is 0 Å². The highest BCUT2D eigenvalue weighted by molar-refractivity contribution is 5.14. The van der Waals surface area contributed by atoms with Gasteiger partial charge in [0.05, 0.1) is 5.69 Å². The van der Waals surface area contributed by atoms with Gasteiger partial charge in [-0.15, -0.1) is 0 Å². The van der Waals surface area contributed by atoms with E-state index in [2.05, 4.69) is 45.7 Å². The SMILES string of the molecule is c1ccc(CCN2CCC(NCc3ccon3)C2)cc1. The zero-order valence-electron chi connectivity index (χ0n) is 11.7. The van der Waals surface area contributed by atoms with Crippen LogP contribution in [-0.4, -0.2) is 35.7 Å². The number of aromatic nitrogens is 1. The minimum Gasteiger partial charge on any atom is -0.364 e. The quantitative estimate of drug-likeness (QED) is 0.873. The van der Waals surface area contributed by atoms with Crippen LogP contribution < -0.4 is 5.32 Å². The van der Waals surface area contributed by atoms with Gasteiger partial charge in [-0.25, -0.2) is 0 Å². The van der Waals surface area contributed by atoms with Crippen molar-refractivity contribution in [1.82, 2.24) is 15.4 Å². The summed E-state index contributed by atoms with van der Waals surface area (Å²) in [4.78, 5) is 2.54. The van der Waals surface area contributed by atoms with Crippen LogP contribution in [0.1, 0.15) is 17.7 Å². The van der Waals surface area contributed by atoms with Crippen LogP contribution in [0.25, 0.3) is 0 Å². The average Bonchev–Trinajstić information content (AvgIpc) is 3.16. The lowest BCUT2D eigenvalue weighted by Gasteiger charge is -2.16. The van der Waals surface area contributed by atoms with Crippen molar-refractivity contribution in [3.8, 4) is 0 Å². The highest BCUT2D eigenvalue weighted by Crippen LogP contribution is 2.11. The van der Waals surface area contributed by atoms with Crippen LogP contribution in [0.5, 0.6) is 0 Å². The van der Waals surface area contributed by atoms with Crippen LogP contribution in [0, 0.1) is 0 Å². The molecule has 2 heterocycles. The zero-order valence-corrected chi connectivity index (χ0v) is 11.7.